The molecule has 0 aliphatic carbocycles. The highest BCUT2D eigenvalue weighted by atomic mass is 16.6. The van der Waals surface area contributed by atoms with Crippen LogP contribution in [0.2, 0.25) is 0 Å². The van der Waals surface area contributed by atoms with E-state index in [1.54, 1.807) is 0 Å². The first-order valence-corrected chi connectivity index (χ1v) is 6.26. The number of carboxylic acid groups (broad SMARTS) is 1. The van der Waals surface area contributed by atoms with Crippen molar-refractivity contribution in [2.24, 2.45) is 5.92 Å². The minimum Gasteiger partial charge on any atom is -0.497 e. The van der Waals surface area contributed by atoms with Crippen LogP contribution in [-0.4, -0.2) is 29.7 Å². The molecule has 2 N–H and O–H groups in total. The van der Waals surface area contributed by atoms with Gasteiger partial charge in [0.05, 0.1) is 12.0 Å². The van der Waals surface area contributed by atoms with Gasteiger partial charge in [0.2, 0.25) is 0 Å². The first-order valence-electron chi connectivity index (χ1n) is 6.26. The maximum atomic E-state index is 10.9. The fraction of sp³-hybridized carbons (Fsp3) is 0.462. The van der Waals surface area contributed by atoms with Crippen molar-refractivity contribution in [1.29, 1.82) is 0 Å². The Hall–Kier alpha value is -2.31. The number of nitrogens with zero attached hydrogens (tertiary/aromatic N) is 1. The maximum absolute atomic E-state index is 10.9. The highest BCUT2D eigenvalue weighted by Crippen LogP contribution is 2.29. The Morgan fingerprint density at radius 2 is 2.25 bits per heavy atom. The van der Waals surface area contributed by atoms with Gasteiger partial charge in [-0.25, -0.2) is 0 Å². The van der Waals surface area contributed by atoms with Crippen LogP contribution in [0.5, 0.6) is 5.75 Å². The van der Waals surface area contributed by atoms with Crippen LogP contribution in [0.4, 0.5) is 11.4 Å². The van der Waals surface area contributed by atoms with E-state index in [1.807, 2.05) is 6.92 Å². The second-order valence-electron chi connectivity index (χ2n) is 4.39. The van der Waals surface area contributed by atoms with Gasteiger partial charge in [-0.2, -0.15) is 0 Å². The quantitative estimate of drug-likeness (QED) is 0.561. The zero-order chi connectivity index (χ0) is 15.1. The number of carboxylic acids is 1. The Morgan fingerprint density at radius 1 is 1.55 bits per heavy atom. The summed E-state index contributed by atoms with van der Waals surface area (Å²) in [5, 5.41) is 22.7. The van der Waals surface area contributed by atoms with Crippen molar-refractivity contribution in [3.8, 4) is 5.75 Å². The van der Waals surface area contributed by atoms with Crippen LogP contribution >= 0.6 is 0 Å². The molecule has 0 spiro atoms. The monoisotopic (exact) mass is 282 g/mol. The predicted molar refractivity (Wildman–Crippen MR) is 74.2 cm³/mol. The van der Waals surface area contributed by atoms with E-state index in [2.05, 4.69) is 5.32 Å². The van der Waals surface area contributed by atoms with E-state index in [9.17, 15) is 14.9 Å². The number of carbonyl (C=O) groups is 1. The van der Waals surface area contributed by atoms with Crippen molar-refractivity contribution >= 4 is 17.3 Å². The van der Waals surface area contributed by atoms with E-state index >= 15 is 0 Å². The Bertz CT molecular complexity index is 490. The molecule has 1 rings (SSSR count). The first kappa shape index (κ1) is 15.7. The highest BCUT2D eigenvalue weighted by molar-refractivity contribution is 5.67. The Kier molecular flexibility index (Phi) is 5.76. The molecule has 0 heterocycles. The van der Waals surface area contributed by atoms with Crippen LogP contribution in [0, 0.1) is 16.0 Å². The van der Waals surface area contributed by atoms with Gasteiger partial charge in [-0.05, 0) is 12.0 Å². The normalized spacial score (nSPS) is 11.7. The number of rotatable bonds is 8. The summed E-state index contributed by atoms with van der Waals surface area (Å²) in [6.07, 6.45) is 0.707. The first-order chi connectivity index (χ1) is 9.47. The fourth-order valence-electron chi connectivity index (χ4n) is 1.81. The summed E-state index contributed by atoms with van der Waals surface area (Å²) in [5.74, 6) is -0.457. The number of nitro benzene ring substituents is 1. The molecule has 1 aromatic rings. The number of ether oxygens (including phenoxy) is 1. The van der Waals surface area contributed by atoms with Gasteiger partial charge < -0.3 is 15.2 Å². The van der Waals surface area contributed by atoms with Crippen LogP contribution in [0.15, 0.2) is 18.2 Å². The third-order valence-corrected chi connectivity index (χ3v) is 3.02. The van der Waals surface area contributed by atoms with Gasteiger partial charge in [0.25, 0.3) is 5.69 Å². The number of nitro groups is 1. The topological polar surface area (TPSA) is 102 Å². The van der Waals surface area contributed by atoms with Crippen molar-refractivity contribution in [3.05, 3.63) is 28.3 Å². The molecule has 0 radical (unpaired) electrons. The molecule has 7 nitrogen and oxygen atoms in total. The van der Waals surface area contributed by atoms with Crippen molar-refractivity contribution in [3.63, 3.8) is 0 Å². The number of methoxy groups -OCH3 is 1. The van der Waals surface area contributed by atoms with Gasteiger partial charge in [0.15, 0.2) is 0 Å². The summed E-state index contributed by atoms with van der Waals surface area (Å²) in [4.78, 5) is 21.2. The summed E-state index contributed by atoms with van der Waals surface area (Å²) in [6, 6.07) is 4.41. The van der Waals surface area contributed by atoms with Gasteiger partial charge in [0.1, 0.15) is 11.4 Å². The Labute approximate surface area is 116 Å². The van der Waals surface area contributed by atoms with Gasteiger partial charge in [-0.3, -0.25) is 14.9 Å². The van der Waals surface area contributed by atoms with Crippen LogP contribution < -0.4 is 10.1 Å². The minimum atomic E-state index is -0.876. The molecule has 0 saturated carbocycles. The SMILES string of the molecule is CCC(CNc1cc(OC)ccc1[N+](=O)[O-])CC(=O)O. The second kappa shape index (κ2) is 7.32. The molecule has 0 fully saturated rings. The van der Waals surface area contributed by atoms with E-state index in [0.717, 1.165) is 0 Å². The highest BCUT2D eigenvalue weighted by Gasteiger charge is 2.17. The van der Waals surface area contributed by atoms with E-state index < -0.39 is 10.9 Å². The predicted octanol–water partition coefficient (Wildman–Crippen LogP) is 2.52. The lowest BCUT2D eigenvalue weighted by Gasteiger charge is -2.15. The summed E-state index contributed by atoms with van der Waals surface area (Å²) in [6.45, 7) is 2.24. The third kappa shape index (κ3) is 4.42. The van der Waals surface area contributed by atoms with Crippen molar-refractivity contribution in [2.45, 2.75) is 19.8 Å². The van der Waals surface area contributed by atoms with Gasteiger partial charge in [-0.1, -0.05) is 13.3 Å². The van der Waals surface area contributed by atoms with Crippen molar-refractivity contribution < 1.29 is 19.6 Å². The molecule has 110 valence electrons. The van der Waals surface area contributed by atoms with E-state index in [1.165, 1.54) is 25.3 Å². The molecule has 0 aliphatic rings. The number of nitrogens with one attached hydrogen (secondary N) is 1. The standard InChI is InChI=1S/C13H18N2O5/c1-3-9(6-13(16)17)8-14-11-7-10(20-2)4-5-12(11)15(18)19/h4-5,7,9,14H,3,6,8H2,1-2H3,(H,16,17). The molecule has 0 amide bonds. The second-order valence-corrected chi connectivity index (χ2v) is 4.39. The maximum Gasteiger partial charge on any atom is 0.303 e. The summed E-state index contributed by atoms with van der Waals surface area (Å²) in [5.41, 5.74) is 0.272. The lowest BCUT2D eigenvalue weighted by atomic mass is 10.0. The van der Waals surface area contributed by atoms with Gasteiger partial charge >= 0.3 is 5.97 Å². The van der Waals surface area contributed by atoms with Crippen molar-refractivity contribution in [2.75, 3.05) is 19.0 Å². The zero-order valence-corrected chi connectivity index (χ0v) is 11.5. The summed E-state index contributed by atoms with van der Waals surface area (Å²) in [7, 11) is 1.48. The zero-order valence-electron chi connectivity index (χ0n) is 11.5. The number of aliphatic carboxylic acids is 1. The number of anilines is 1. The van der Waals surface area contributed by atoms with Crippen LogP contribution in [0.1, 0.15) is 19.8 Å². The molecule has 1 atom stereocenters. The Balaban J connectivity index is 2.83. The number of hydrogen-bond acceptors (Lipinski definition) is 5. The summed E-state index contributed by atoms with van der Waals surface area (Å²) < 4.78 is 5.03. The molecule has 0 saturated heterocycles. The lowest BCUT2D eigenvalue weighted by molar-refractivity contribution is -0.384. The van der Waals surface area contributed by atoms with Crippen LogP contribution in [0.25, 0.3) is 0 Å². The number of hydrogen-bond donors (Lipinski definition) is 2. The molecule has 20 heavy (non-hydrogen) atoms. The van der Waals surface area contributed by atoms with Gasteiger partial charge in [-0.15, -0.1) is 0 Å². The molecular weight excluding hydrogens is 264 g/mol. The van der Waals surface area contributed by atoms with Crippen LogP contribution in [0.3, 0.4) is 0 Å². The third-order valence-electron chi connectivity index (χ3n) is 3.02. The number of benzene rings is 1. The lowest BCUT2D eigenvalue weighted by Crippen LogP contribution is -2.17. The van der Waals surface area contributed by atoms with Gasteiger partial charge in [0, 0.05) is 25.1 Å². The Morgan fingerprint density at radius 3 is 2.75 bits per heavy atom. The molecule has 1 aromatic carbocycles. The molecule has 0 aromatic heterocycles. The minimum absolute atomic E-state index is 0.0290. The molecule has 0 bridgehead atoms. The summed E-state index contributed by atoms with van der Waals surface area (Å²) >= 11 is 0. The van der Waals surface area contributed by atoms with Crippen molar-refractivity contribution in [1.82, 2.24) is 0 Å². The average molecular weight is 282 g/mol. The molecule has 1 unspecified atom stereocenters. The van der Waals surface area contributed by atoms with E-state index in [-0.39, 0.29) is 18.0 Å². The smallest absolute Gasteiger partial charge is 0.303 e. The van der Waals surface area contributed by atoms with Crippen LogP contribution in [-0.2, 0) is 4.79 Å². The largest absolute Gasteiger partial charge is 0.497 e. The molecular formula is C13H18N2O5. The molecule has 7 heteroatoms. The van der Waals surface area contributed by atoms with E-state index in [4.69, 9.17) is 9.84 Å². The fourth-order valence-corrected chi connectivity index (χ4v) is 1.81. The van der Waals surface area contributed by atoms with E-state index in [0.29, 0.717) is 24.4 Å². The average Bonchev–Trinajstić information content (AvgIpc) is 2.42. The molecule has 0 aliphatic heterocycles.